The first kappa shape index (κ1) is 17.6. The maximum atomic E-state index is 12.7. The lowest BCUT2D eigenvalue weighted by Crippen LogP contribution is -2.08. The van der Waals surface area contributed by atoms with E-state index in [1.807, 2.05) is 5.38 Å². The summed E-state index contributed by atoms with van der Waals surface area (Å²) in [5.74, 6) is 0.128. The highest BCUT2D eigenvalue weighted by Gasteiger charge is 2.33. The molecule has 0 N–H and O–H groups in total. The fourth-order valence-electron chi connectivity index (χ4n) is 1.96. The van der Waals surface area contributed by atoms with Crippen LogP contribution < -0.4 is 0 Å². The summed E-state index contributed by atoms with van der Waals surface area (Å²) in [7, 11) is 0. The molecule has 3 rings (SSSR count). The third-order valence-corrected chi connectivity index (χ3v) is 4.87. The molecule has 130 valence electrons. The molecular weight excluding hydrogens is 375 g/mol. The molecule has 0 saturated carbocycles. The van der Waals surface area contributed by atoms with Gasteiger partial charge in [0, 0.05) is 0 Å². The molecule has 0 spiro atoms. The SMILES string of the molecule is Cc1nc(C(F)(F)F)ccc1-c1nnc(SCC(=O)c2cccs2)o1. The van der Waals surface area contributed by atoms with E-state index >= 15 is 0 Å². The van der Waals surface area contributed by atoms with Gasteiger partial charge in [0.05, 0.1) is 21.9 Å². The van der Waals surface area contributed by atoms with Gasteiger partial charge in [-0.3, -0.25) is 4.79 Å². The van der Waals surface area contributed by atoms with E-state index in [0.29, 0.717) is 10.4 Å². The summed E-state index contributed by atoms with van der Waals surface area (Å²) in [5.41, 5.74) is -0.536. The molecule has 0 aliphatic heterocycles. The molecule has 0 fully saturated rings. The Hall–Kier alpha value is -2.20. The first-order chi connectivity index (χ1) is 11.8. The van der Waals surface area contributed by atoms with Gasteiger partial charge in [0.1, 0.15) is 5.69 Å². The van der Waals surface area contributed by atoms with Crippen LogP contribution in [-0.2, 0) is 6.18 Å². The van der Waals surface area contributed by atoms with Crippen molar-refractivity contribution >= 4 is 28.9 Å². The normalized spacial score (nSPS) is 11.7. The van der Waals surface area contributed by atoms with Crippen molar-refractivity contribution in [2.75, 3.05) is 5.75 Å². The lowest BCUT2D eigenvalue weighted by Gasteiger charge is -2.07. The monoisotopic (exact) mass is 385 g/mol. The number of carbonyl (C=O) groups excluding carboxylic acids is 1. The molecule has 0 saturated heterocycles. The number of aryl methyl sites for hydroxylation is 1. The molecule has 0 amide bonds. The number of nitrogens with zero attached hydrogens (tertiary/aromatic N) is 3. The number of alkyl halides is 3. The minimum Gasteiger partial charge on any atom is -0.411 e. The van der Waals surface area contributed by atoms with Crippen LogP contribution in [0.3, 0.4) is 0 Å². The minimum absolute atomic E-state index is 0.0600. The van der Waals surface area contributed by atoms with E-state index in [1.54, 1.807) is 12.1 Å². The zero-order chi connectivity index (χ0) is 18.0. The number of carbonyl (C=O) groups is 1. The van der Waals surface area contributed by atoms with Gasteiger partial charge < -0.3 is 4.42 Å². The number of ketones is 1. The quantitative estimate of drug-likeness (QED) is 0.476. The molecular formula is C15H10F3N3O2S2. The summed E-state index contributed by atoms with van der Waals surface area (Å²) in [4.78, 5) is 16.1. The summed E-state index contributed by atoms with van der Waals surface area (Å²) in [5, 5.41) is 9.59. The predicted octanol–water partition coefficient (Wildman–Crippen LogP) is 4.50. The van der Waals surface area contributed by atoms with Gasteiger partial charge in [-0.2, -0.15) is 13.2 Å². The fraction of sp³-hybridized carbons (Fsp3) is 0.200. The Morgan fingerprint density at radius 2 is 2.08 bits per heavy atom. The van der Waals surface area contributed by atoms with Gasteiger partial charge in [-0.25, -0.2) is 4.98 Å². The zero-order valence-corrected chi connectivity index (χ0v) is 14.3. The molecule has 3 heterocycles. The highest BCUT2D eigenvalue weighted by molar-refractivity contribution is 7.99. The first-order valence-corrected chi connectivity index (χ1v) is 8.79. The minimum atomic E-state index is -4.51. The summed E-state index contributed by atoms with van der Waals surface area (Å²) < 4.78 is 43.4. The van der Waals surface area contributed by atoms with Crippen molar-refractivity contribution < 1.29 is 22.4 Å². The Morgan fingerprint density at radius 1 is 1.28 bits per heavy atom. The fourth-order valence-corrected chi connectivity index (χ4v) is 3.36. The van der Waals surface area contributed by atoms with E-state index in [1.165, 1.54) is 24.3 Å². The highest BCUT2D eigenvalue weighted by Crippen LogP contribution is 2.31. The number of aromatic nitrogens is 3. The second-order valence-corrected chi connectivity index (χ2v) is 6.76. The molecule has 0 bridgehead atoms. The molecule has 3 aromatic heterocycles. The molecule has 0 aromatic carbocycles. The van der Waals surface area contributed by atoms with Gasteiger partial charge >= 0.3 is 6.18 Å². The number of rotatable bonds is 5. The van der Waals surface area contributed by atoms with E-state index in [-0.39, 0.29) is 28.3 Å². The van der Waals surface area contributed by atoms with Crippen LogP contribution in [0.1, 0.15) is 21.1 Å². The van der Waals surface area contributed by atoms with Crippen LogP contribution in [0, 0.1) is 6.92 Å². The number of hydrogen-bond acceptors (Lipinski definition) is 7. The Morgan fingerprint density at radius 3 is 2.72 bits per heavy atom. The lowest BCUT2D eigenvalue weighted by molar-refractivity contribution is -0.141. The molecule has 25 heavy (non-hydrogen) atoms. The second kappa shape index (κ2) is 6.96. The maximum Gasteiger partial charge on any atom is 0.433 e. The van der Waals surface area contributed by atoms with E-state index in [9.17, 15) is 18.0 Å². The second-order valence-electron chi connectivity index (χ2n) is 4.89. The molecule has 0 aliphatic rings. The van der Waals surface area contributed by atoms with Crippen molar-refractivity contribution in [1.29, 1.82) is 0 Å². The van der Waals surface area contributed by atoms with Gasteiger partial charge in [0.15, 0.2) is 5.78 Å². The summed E-state index contributed by atoms with van der Waals surface area (Å²) in [6.07, 6.45) is -4.51. The maximum absolute atomic E-state index is 12.7. The first-order valence-electron chi connectivity index (χ1n) is 6.93. The van der Waals surface area contributed by atoms with Crippen molar-refractivity contribution in [3.63, 3.8) is 0 Å². The average molecular weight is 385 g/mol. The van der Waals surface area contributed by atoms with E-state index in [0.717, 1.165) is 17.8 Å². The Balaban J connectivity index is 1.72. The standard InChI is InChI=1S/C15H10F3N3O2S2/c1-8-9(4-5-12(19-8)15(16,17)18)13-20-21-14(23-13)25-7-10(22)11-3-2-6-24-11/h2-6H,7H2,1H3. The van der Waals surface area contributed by atoms with E-state index < -0.39 is 11.9 Å². The molecule has 0 atom stereocenters. The zero-order valence-electron chi connectivity index (χ0n) is 12.7. The average Bonchev–Trinajstić information content (AvgIpc) is 3.23. The number of thioether (sulfide) groups is 1. The lowest BCUT2D eigenvalue weighted by atomic mass is 10.2. The van der Waals surface area contributed by atoms with Gasteiger partial charge in [-0.05, 0) is 30.5 Å². The third kappa shape index (κ3) is 4.07. The molecule has 3 aromatic rings. The van der Waals surface area contributed by atoms with Crippen LogP contribution in [0.5, 0.6) is 0 Å². The van der Waals surface area contributed by atoms with Gasteiger partial charge in [0.25, 0.3) is 11.1 Å². The molecule has 10 heteroatoms. The van der Waals surface area contributed by atoms with Crippen LogP contribution in [0.2, 0.25) is 0 Å². The number of hydrogen-bond donors (Lipinski definition) is 0. The van der Waals surface area contributed by atoms with Crippen molar-refractivity contribution in [3.05, 3.63) is 45.9 Å². The number of pyridine rings is 1. The van der Waals surface area contributed by atoms with Crippen LogP contribution in [0.15, 0.2) is 39.3 Å². The van der Waals surface area contributed by atoms with Crippen molar-refractivity contribution in [2.45, 2.75) is 18.3 Å². The van der Waals surface area contributed by atoms with Gasteiger partial charge in [-0.1, -0.05) is 17.8 Å². The predicted molar refractivity (Wildman–Crippen MR) is 86.6 cm³/mol. The van der Waals surface area contributed by atoms with E-state index in [4.69, 9.17) is 4.42 Å². The summed E-state index contributed by atoms with van der Waals surface area (Å²) in [6.45, 7) is 1.43. The highest BCUT2D eigenvalue weighted by atomic mass is 32.2. The number of Topliss-reactive ketones (excluding diaryl/α,β-unsaturated/α-hetero) is 1. The third-order valence-electron chi connectivity index (χ3n) is 3.14. The Kier molecular flexibility index (Phi) is 4.91. The summed E-state index contributed by atoms with van der Waals surface area (Å²) in [6, 6.07) is 5.61. The Bertz CT molecular complexity index is 892. The van der Waals surface area contributed by atoms with Crippen LogP contribution in [0.4, 0.5) is 13.2 Å². The number of thiophene rings is 1. The van der Waals surface area contributed by atoms with Crippen molar-refractivity contribution in [3.8, 4) is 11.5 Å². The van der Waals surface area contributed by atoms with Gasteiger partial charge in [-0.15, -0.1) is 21.5 Å². The molecule has 0 unspecified atom stereocenters. The summed E-state index contributed by atoms with van der Waals surface area (Å²) >= 11 is 2.42. The topological polar surface area (TPSA) is 68.9 Å². The van der Waals surface area contributed by atoms with Crippen molar-refractivity contribution in [1.82, 2.24) is 15.2 Å². The Labute approximate surface area is 148 Å². The number of halogens is 3. The molecule has 5 nitrogen and oxygen atoms in total. The van der Waals surface area contributed by atoms with Crippen LogP contribution in [0.25, 0.3) is 11.5 Å². The van der Waals surface area contributed by atoms with Crippen molar-refractivity contribution in [2.24, 2.45) is 0 Å². The van der Waals surface area contributed by atoms with Gasteiger partial charge in [0.2, 0.25) is 0 Å². The smallest absolute Gasteiger partial charge is 0.411 e. The molecule has 0 aliphatic carbocycles. The van der Waals surface area contributed by atoms with Crippen LogP contribution in [-0.4, -0.2) is 26.7 Å². The largest absolute Gasteiger partial charge is 0.433 e. The molecule has 0 radical (unpaired) electrons. The van der Waals surface area contributed by atoms with Crippen LogP contribution >= 0.6 is 23.1 Å². The van der Waals surface area contributed by atoms with E-state index in [2.05, 4.69) is 15.2 Å².